The van der Waals surface area contributed by atoms with Gasteiger partial charge in [0.25, 0.3) is 0 Å². The molecule has 0 bridgehead atoms. The summed E-state index contributed by atoms with van der Waals surface area (Å²) in [6, 6.07) is 10.4. The summed E-state index contributed by atoms with van der Waals surface area (Å²) in [5.41, 5.74) is 3.47. The van der Waals surface area contributed by atoms with Gasteiger partial charge in [0.15, 0.2) is 22.9 Å². The molecular weight excluding hydrogens is 475 g/mol. The number of aliphatic hydroxyl groups is 1. The van der Waals surface area contributed by atoms with E-state index in [0.29, 0.717) is 34.2 Å². The molecule has 35 heavy (non-hydrogen) atoms. The van der Waals surface area contributed by atoms with Gasteiger partial charge in [0.2, 0.25) is 5.91 Å². The maximum atomic E-state index is 14.9. The summed E-state index contributed by atoms with van der Waals surface area (Å²) in [5, 5.41) is 14.9. The Morgan fingerprint density at radius 3 is 2.74 bits per heavy atom. The predicted molar refractivity (Wildman–Crippen MR) is 127 cm³/mol. The van der Waals surface area contributed by atoms with Gasteiger partial charge in [0.05, 0.1) is 29.9 Å². The number of ether oxygens (including phenoxy) is 3. The fraction of sp³-hybridized carbons (Fsp3) is 0.292. The number of H-pyrrole nitrogens is 1. The summed E-state index contributed by atoms with van der Waals surface area (Å²) < 4.78 is 32.1. The number of aromatic nitrogens is 3. The van der Waals surface area contributed by atoms with Crippen LogP contribution in [0.25, 0.3) is 33.5 Å². The number of pyridine rings is 1. The number of halogens is 1. The van der Waals surface area contributed by atoms with E-state index in [-0.39, 0.29) is 30.4 Å². The number of carbonyl (C=O) groups excluding carboxylic acids is 1. The third kappa shape index (κ3) is 4.16. The summed E-state index contributed by atoms with van der Waals surface area (Å²) in [5.74, 6) is -0.216. The van der Waals surface area contributed by atoms with E-state index in [0.717, 1.165) is 11.3 Å². The Bertz CT molecular complexity index is 1400. The van der Waals surface area contributed by atoms with Gasteiger partial charge in [-0.1, -0.05) is 24.3 Å². The van der Waals surface area contributed by atoms with Crippen LogP contribution in [0.4, 0.5) is 9.52 Å². The van der Waals surface area contributed by atoms with E-state index < -0.39 is 18.0 Å². The largest absolute Gasteiger partial charge is 0.470 e. The molecule has 1 unspecified atom stereocenters. The van der Waals surface area contributed by atoms with Gasteiger partial charge in [-0.15, -0.1) is 11.3 Å². The lowest BCUT2D eigenvalue weighted by atomic mass is 10.1. The van der Waals surface area contributed by atoms with Crippen LogP contribution in [0, 0.1) is 5.82 Å². The summed E-state index contributed by atoms with van der Waals surface area (Å²) in [4.78, 5) is 23.2. The molecule has 9 nitrogen and oxygen atoms in total. The van der Waals surface area contributed by atoms with Crippen molar-refractivity contribution in [2.45, 2.75) is 31.3 Å². The lowest BCUT2D eigenvalue weighted by Gasteiger charge is -2.16. The van der Waals surface area contributed by atoms with E-state index in [4.69, 9.17) is 14.2 Å². The van der Waals surface area contributed by atoms with Gasteiger partial charge < -0.3 is 29.6 Å². The van der Waals surface area contributed by atoms with Crippen molar-refractivity contribution in [2.24, 2.45) is 0 Å². The number of nitrogens with zero attached hydrogens (tertiary/aromatic N) is 2. The summed E-state index contributed by atoms with van der Waals surface area (Å²) in [7, 11) is 0. The molecule has 3 N–H and O–H groups in total. The quantitative estimate of drug-likeness (QED) is 0.388. The summed E-state index contributed by atoms with van der Waals surface area (Å²) in [6.07, 6.45) is -1.77. The Labute approximate surface area is 202 Å². The van der Waals surface area contributed by atoms with E-state index >= 15 is 0 Å². The smallest absolute Gasteiger partial charge is 0.223 e. The van der Waals surface area contributed by atoms with Crippen molar-refractivity contribution in [1.82, 2.24) is 15.0 Å². The first-order chi connectivity index (χ1) is 16.9. The second-order valence-electron chi connectivity index (χ2n) is 8.50. The number of hydrogen-bond acceptors (Lipinski definition) is 8. The maximum Gasteiger partial charge on any atom is 0.223 e. The summed E-state index contributed by atoms with van der Waals surface area (Å²) >= 11 is 1.34. The highest BCUT2D eigenvalue weighted by molar-refractivity contribution is 7.14. The molecule has 5 heterocycles. The fourth-order valence-electron chi connectivity index (χ4n) is 4.39. The van der Waals surface area contributed by atoms with Crippen LogP contribution < -0.4 is 10.1 Å². The van der Waals surface area contributed by atoms with Crippen LogP contribution in [0.5, 0.6) is 5.88 Å². The zero-order valence-corrected chi connectivity index (χ0v) is 19.3. The van der Waals surface area contributed by atoms with Crippen molar-refractivity contribution in [1.29, 1.82) is 0 Å². The highest BCUT2D eigenvalue weighted by Crippen LogP contribution is 2.33. The molecule has 0 aliphatic carbocycles. The third-order valence-electron chi connectivity index (χ3n) is 6.03. The van der Waals surface area contributed by atoms with Crippen molar-refractivity contribution in [2.75, 3.05) is 18.5 Å². The van der Waals surface area contributed by atoms with Gasteiger partial charge in [0, 0.05) is 35.6 Å². The number of benzene rings is 1. The Balaban J connectivity index is 1.22. The lowest BCUT2D eigenvalue weighted by molar-refractivity contribution is -0.114. The first-order valence-corrected chi connectivity index (χ1v) is 11.9. The Kier molecular flexibility index (Phi) is 5.49. The Morgan fingerprint density at radius 2 is 1.94 bits per heavy atom. The topological polar surface area (TPSA) is 119 Å². The Hall–Kier alpha value is -3.38. The van der Waals surface area contributed by atoms with Crippen molar-refractivity contribution < 1.29 is 28.5 Å². The number of amides is 1. The maximum absolute atomic E-state index is 14.9. The molecule has 1 amide bonds. The lowest BCUT2D eigenvalue weighted by Crippen LogP contribution is -2.34. The second kappa shape index (κ2) is 8.68. The monoisotopic (exact) mass is 496 g/mol. The molecular formula is C24H21FN4O5S. The molecule has 0 saturated carbocycles. The van der Waals surface area contributed by atoms with Crippen LogP contribution in [-0.4, -0.2) is 63.6 Å². The molecule has 6 rings (SSSR count). The van der Waals surface area contributed by atoms with Gasteiger partial charge in [0.1, 0.15) is 24.0 Å². The molecule has 2 aliphatic heterocycles. The molecule has 1 aromatic carbocycles. The first-order valence-electron chi connectivity index (χ1n) is 11.1. The minimum Gasteiger partial charge on any atom is -0.470 e. The fourth-order valence-corrected chi connectivity index (χ4v) is 5.16. The highest BCUT2D eigenvalue weighted by atomic mass is 32.1. The van der Waals surface area contributed by atoms with Crippen molar-refractivity contribution in [3.63, 3.8) is 0 Å². The van der Waals surface area contributed by atoms with Crippen LogP contribution in [0.1, 0.15) is 6.92 Å². The SMILES string of the molecule is CC(=O)Nc1nc(-c2ccc(-c3nc4cc(O[C@@H]5COC6[C@H](O)CO[C@@H]65)[nH]c4cc3F)cc2)cs1. The van der Waals surface area contributed by atoms with E-state index in [1.165, 1.54) is 24.3 Å². The molecule has 11 heteroatoms. The number of hydrogen-bond donors (Lipinski definition) is 3. The van der Waals surface area contributed by atoms with E-state index in [9.17, 15) is 14.3 Å². The van der Waals surface area contributed by atoms with Gasteiger partial charge in [-0.05, 0) is 0 Å². The van der Waals surface area contributed by atoms with Crippen LogP contribution in [0.2, 0.25) is 0 Å². The molecule has 2 fully saturated rings. The molecule has 4 atom stereocenters. The van der Waals surface area contributed by atoms with E-state index in [1.807, 2.05) is 17.5 Å². The van der Waals surface area contributed by atoms with Crippen molar-refractivity contribution >= 4 is 33.4 Å². The number of rotatable bonds is 5. The molecule has 3 aromatic heterocycles. The average Bonchev–Trinajstić information content (AvgIpc) is 3.60. The normalized spacial score (nSPS) is 23.5. The highest BCUT2D eigenvalue weighted by Gasteiger charge is 2.48. The molecule has 2 aliphatic rings. The van der Waals surface area contributed by atoms with Crippen LogP contribution in [0.3, 0.4) is 0 Å². The number of thiazole rings is 1. The number of aliphatic hydroxyl groups excluding tert-OH is 1. The van der Waals surface area contributed by atoms with Gasteiger partial charge >= 0.3 is 0 Å². The molecule has 0 radical (unpaired) electrons. The first kappa shape index (κ1) is 22.1. The number of fused-ring (bicyclic) bond motifs is 2. The van der Waals surface area contributed by atoms with Crippen molar-refractivity contribution in [3.05, 3.63) is 47.6 Å². The van der Waals surface area contributed by atoms with Gasteiger partial charge in [-0.25, -0.2) is 14.4 Å². The van der Waals surface area contributed by atoms with Crippen molar-refractivity contribution in [3.8, 4) is 28.4 Å². The minimum atomic E-state index is -0.657. The van der Waals surface area contributed by atoms with Gasteiger partial charge in [-0.2, -0.15) is 0 Å². The van der Waals surface area contributed by atoms with Gasteiger partial charge in [-0.3, -0.25) is 4.79 Å². The predicted octanol–water partition coefficient (Wildman–Crippen LogP) is 3.36. The zero-order valence-electron chi connectivity index (χ0n) is 18.5. The minimum absolute atomic E-state index is 0.178. The average molecular weight is 497 g/mol. The molecule has 180 valence electrons. The number of anilines is 1. The summed E-state index contributed by atoms with van der Waals surface area (Å²) in [6.45, 7) is 1.95. The number of aromatic amines is 1. The van der Waals surface area contributed by atoms with E-state index in [1.54, 1.807) is 18.2 Å². The van der Waals surface area contributed by atoms with Crippen LogP contribution in [0.15, 0.2) is 41.8 Å². The number of nitrogens with one attached hydrogen (secondary N) is 2. The van der Waals surface area contributed by atoms with Crippen LogP contribution >= 0.6 is 11.3 Å². The standard InChI is InChI=1S/C24H21FN4O5S/c1-11(30)26-24-29-17(10-35-24)12-2-4-13(5-3-12)21-14(25)6-15-16(28-21)7-20(27-15)34-19-9-33-22-18(31)8-32-23(19)22/h2-7,10,18-19,22-23,27,31H,8-9H2,1H3,(H,26,29,30)/t18-,19-,22?,23-/m1/s1. The number of carbonyl (C=O) groups is 1. The Morgan fingerprint density at radius 1 is 1.17 bits per heavy atom. The zero-order chi connectivity index (χ0) is 24.1. The second-order valence-corrected chi connectivity index (χ2v) is 9.36. The van der Waals surface area contributed by atoms with E-state index in [2.05, 4.69) is 20.3 Å². The molecule has 4 aromatic rings. The molecule has 0 spiro atoms. The molecule has 2 saturated heterocycles. The third-order valence-corrected chi connectivity index (χ3v) is 6.79. The van der Waals surface area contributed by atoms with Crippen LogP contribution in [-0.2, 0) is 14.3 Å².